The summed E-state index contributed by atoms with van der Waals surface area (Å²) in [5.41, 5.74) is 0. The zero-order valence-corrected chi connectivity index (χ0v) is 24.2. The number of hydrogen-bond acceptors (Lipinski definition) is 0. The van der Waals surface area contributed by atoms with Crippen LogP contribution in [0.25, 0.3) is 30.8 Å². The molecule has 11 heteroatoms. The van der Waals surface area contributed by atoms with E-state index in [1.165, 1.54) is 0 Å². The number of nitrogens with zero attached hydrogens (tertiary/aromatic N) is 5. The molecular formula is N5Ta6. The van der Waals surface area contributed by atoms with Gasteiger partial charge in [0.2, 0.25) is 0 Å². The van der Waals surface area contributed by atoms with Crippen molar-refractivity contribution in [1.82, 2.24) is 0 Å². The van der Waals surface area contributed by atoms with Gasteiger partial charge in [-0.3, -0.25) is 0 Å². The van der Waals surface area contributed by atoms with Crippen LogP contribution in [-0.2, 0) is 134 Å². The van der Waals surface area contributed by atoms with Gasteiger partial charge in [0.15, 0.2) is 0 Å². The van der Waals surface area contributed by atoms with Gasteiger partial charge in [-0.05, 0) is 0 Å². The van der Waals surface area contributed by atoms with Crippen molar-refractivity contribution >= 4 is 0 Å². The summed E-state index contributed by atoms with van der Waals surface area (Å²) in [6.45, 7) is 0. The molecule has 0 heterocycles. The normalized spacial score (nSPS) is 0. The number of rotatable bonds is 0. The average Bonchev–Trinajstić information content (AvgIpc) is 0. The summed E-state index contributed by atoms with van der Waals surface area (Å²) in [6.07, 6.45) is 0. The molecule has 0 aromatic rings. The van der Waals surface area contributed by atoms with Crippen molar-refractivity contribution in [3.8, 4) is 0 Å². The molecule has 5 nitrogen and oxygen atoms in total. The quantitative estimate of drug-likeness (QED) is 0.345. The molecule has 0 saturated carbocycles. The fourth-order valence-corrected chi connectivity index (χ4v) is 0. The van der Waals surface area contributed by atoms with Gasteiger partial charge in [-0.15, -0.1) is 0 Å². The van der Waals surface area contributed by atoms with Gasteiger partial charge in [0.1, 0.15) is 0 Å². The van der Waals surface area contributed by atoms with E-state index in [-0.39, 0.29) is 165 Å². The predicted octanol–water partition coefficient (Wildman–Crippen LogP) is 1.43. The SMILES string of the molecule is [N-3].[N-3].[N-3].[N-3].[N-3].[Ta+5].[Ta+5].[Ta+5].[Ta].[Ta].[Ta]. The molecule has 0 aromatic carbocycles. The van der Waals surface area contributed by atoms with Crippen LogP contribution in [0.15, 0.2) is 0 Å². The van der Waals surface area contributed by atoms with Gasteiger partial charge in [-0.1, -0.05) is 0 Å². The minimum absolute atomic E-state index is 0. The zero-order chi connectivity index (χ0) is 0. The Morgan fingerprint density at radius 3 is 0.273 bits per heavy atom. The molecule has 55 valence electrons. The van der Waals surface area contributed by atoms with Crippen LogP contribution in [0.4, 0.5) is 0 Å². The van der Waals surface area contributed by atoms with Crippen molar-refractivity contribution in [3.05, 3.63) is 30.8 Å². The Morgan fingerprint density at radius 1 is 0.273 bits per heavy atom. The number of hydrogen-bond donors (Lipinski definition) is 0. The van der Waals surface area contributed by atoms with E-state index in [0.717, 1.165) is 0 Å². The average molecular weight is 1160 g/mol. The molecule has 0 saturated heterocycles. The van der Waals surface area contributed by atoms with Crippen LogP contribution in [0.5, 0.6) is 0 Å². The van der Waals surface area contributed by atoms with E-state index in [1.54, 1.807) is 0 Å². The fraction of sp³-hybridized carbons (Fsp3) is 0. The van der Waals surface area contributed by atoms with E-state index in [4.69, 9.17) is 0 Å². The summed E-state index contributed by atoms with van der Waals surface area (Å²) in [5.74, 6) is 0. The van der Waals surface area contributed by atoms with E-state index in [2.05, 4.69) is 0 Å². The Balaban J connectivity index is 0. The van der Waals surface area contributed by atoms with Crippen molar-refractivity contribution in [2.75, 3.05) is 0 Å². The first-order valence-electron chi connectivity index (χ1n) is 0. The van der Waals surface area contributed by atoms with Gasteiger partial charge in [-0.2, -0.15) is 0 Å². The smallest absolute Gasteiger partial charge is 3.00 e. The van der Waals surface area contributed by atoms with Gasteiger partial charge >= 0.3 is 67.1 Å². The molecule has 0 unspecified atom stereocenters. The monoisotopic (exact) mass is 1160 g/mol. The van der Waals surface area contributed by atoms with Crippen molar-refractivity contribution in [1.29, 1.82) is 0 Å². The first-order chi connectivity index (χ1) is 0. The van der Waals surface area contributed by atoms with Gasteiger partial charge in [-0.25, -0.2) is 0 Å². The molecule has 0 aliphatic carbocycles. The molecule has 0 aliphatic rings. The largest absolute Gasteiger partial charge is 5.00 e. The van der Waals surface area contributed by atoms with Crippen molar-refractivity contribution in [2.24, 2.45) is 0 Å². The Hall–Kier alpha value is 4.24. The molecule has 0 fully saturated rings. The Labute approximate surface area is 162 Å². The van der Waals surface area contributed by atoms with Crippen molar-refractivity contribution < 1.29 is 134 Å². The summed E-state index contributed by atoms with van der Waals surface area (Å²) >= 11 is 0. The van der Waals surface area contributed by atoms with Crippen LogP contribution in [0.1, 0.15) is 0 Å². The first kappa shape index (κ1) is 172. The summed E-state index contributed by atoms with van der Waals surface area (Å²) in [6, 6.07) is 0. The standard InChI is InChI=1S/5N.6Ta/q5*-3;;;;3*+5. The Bertz CT molecular complexity index is 10.9. The van der Waals surface area contributed by atoms with E-state index in [1.807, 2.05) is 0 Å². The molecule has 0 bridgehead atoms. The third kappa shape index (κ3) is 119. The van der Waals surface area contributed by atoms with Crippen LogP contribution in [0.3, 0.4) is 0 Å². The van der Waals surface area contributed by atoms with E-state index < -0.39 is 0 Å². The molecular weight excluding hydrogens is 1160 g/mol. The van der Waals surface area contributed by atoms with Crippen LogP contribution in [0, 0.1) is 0 Å². The van der Waals surface area contributed by atoms with Crippen LogP contribution >= 0.6 is 0 Å². The van der Waals surface area contributed by atoms with Gasteiger partial charge in [0, 0.05) is 67.1 Å². The van der Waals surface area contributed by atoms with Crippen LogP contribution in [0.2, 0.25) is 0 Å². The van der Waals surface area contributed by atoms with Crippen LogP contribution in [-0.4, -0.2) is 0 Å². The zero-order valence-electron chi connectivity index (χ0n) is 4.92. The maximum Gasteiger partial charge on any atom is 5.00 e. The van der Waals surface area contributed by atoms with Crippen molar-refractivity contribution in [2.45, 2.75) is 0 Å². The molecule has 0 amide bonds. The minimum Gasteiger partial charge on any atom is -3.00 e. The first-order valence-corrected chi connectivity index (χ1v) is 0. The minimum atomic E-state index is 0. The Morgan fingerprint density at radius 2 is 0.273 bits per heavy atom. The second-order valence-corrected chi connectivity index (χ2v) is 0. The van der Waals surface area contributed by atoms with Crippen molar-refractivity contribution in [3.63, 3.8) is 0 Å². The maximum atomic E-state index is 0. The second-order valence-electron chi connectivity index (χ2n) is 0. The molecule has 0 aliphatic heterocycles. The predicted molar refractivity (Wildman–Crippen MR) is 16.8 cm³/mol. The second kappa shape index (κ2) is 139. The fourth-order valence-electron chi connectivity index (χ4n) is 0. The molecule has 0 rings (SSSR count). The molecule has 0 aromatic heterocycles. The molecule has 11 heavy (non-hydrogen) atoms. The molecule has 0 N–H and O–H groups in total. The third-order valence-corrected chi connectivity index (χ3v) is 0. The van der Waals surface area contributed by atoms with Gasteiger partial charge < -0.3 is 30.8 Å². The summed E-state index contributed by atoms with van der Waals surface area (Å²) in [7, 11) is 0. The van der Waals surface area contributed by atoms with Crippen LogP contribution < -0.4 is 0 Å². The maximum absolute atomic E-state index is 0. The van der Waals surface area contributed by atoms with Gasteiger partial charge in [0.05, 0.1) is 0 Å². The van der Waals surface area contributed by atoms with Gasteiger partial charge in [0.25, 0.3) is 0 Å². The van der Waals surface area contributed by atoms with E-state index in [9.17, 15) is 0 Å². The third-order valence-electron chi connectivity index (χ3n) is 0. The molecule has 0 atom stereocenters. The summed E-state index contributed by atoms with van der Waals surface area (Å²) < 4.78 is 0. The van der Waals surface area contributed by atoms with E-state index in [0.29, 0.717) is 0 Å². The topological polar surface area (TPSA) is 152 Å². The Kier molecular flexibility index (Phi) is 2170. The summed E-state index contributed by atoms with van der Waals surface area (Å²) in [5, 5.41) is 0. The molecule has 0 spiro atoms. The van der Waals surface area contributed by atoms with E-state index >= 15 is 0 Å². The summed E-state index contributed by atoms with van der Waals surface area (Å²) in [4.78, 5) is 0. The molecule has 3 radical (unpaired) electrons.